The highest BCUT2D eigenvalue weighted by molar-refractivity contribution is 5.95. The van der Waals surface area contributed by atoms with E-state index in [4.69, 9.17) is 24.4 Å². The SMILES string of the molecule is COc1nc2ccccc2cc1-c1cnc(C2CN(CC3CCOC3)CCN2C(=O)c2ccc3ccccc3n2)[nH]1. The molecule has 2 saturated heterocycles. The van der Waals surface area contributed by atoms with Crippen molar-refractivity contribution < 1.29 is 14.3 Å². The molecule has 0 bridgehead atoms. The topological polar surface area (TPSA) is 96.5 Å². The van der Waals surface area contributed by atoms with Gasteiger partial charge in [-0.1, -0.05) is 42.5 Å². The summed E-state index contributed by atoms with van der Waals surface area (Å²) in [5.41, 5.74) is 3.75. The number of imidazole rings is 1. The van der Waals surface area contributed by atoms with Crippen LogP contribution in [0, 0.1) is 5.92 Å². The molecule has 2 fully saturated rings. The molecule has 5 heterocycles. The second kappa shape index (κ2) is 10.9. The number of hydrogen-bond acceptors (Lipinski definition) is 7. The Hall–Kier alpha value is -4.34. The van der Waals surface area contributed by atoms with Crippen molar-refractivity contribution in [1.29, 1.82) is 0 Å². The number of piperazine rings is 1. The van der Waals surface area contributed by atoms with Crippen LogP contribution in [0.5, 0.6) is 5.88 Å². The summed E-state index contributed by atoms with van der Waals surface area (Å²) in [7, 11) is 1.63. The minimum atomic E-state index is -0.264. The van der Waals surface area contributed by atoms with E-state index in [1.807, 2.05) is 71.8 Å². The predicted molar refractivity (Wildman–Crippen MR) is 157 cm³/mol. The van der Waals surface area contributed by atoms with Crippen molar-refractivity contribution in [1.82, 2.24) is 29.7 Å². The van der Waals surface area contributed by atoms with Gasteiger partial charge in [0.1, 0.15) is 17.6 Å². The number of carbonyl (C=O) groups is 1. The Balaban J connectivity index is 1.23. The van der Waals surface area contributed by atoms with E-state index in [1.165, 1.54) is 0 Å². The number of carbonyl (C=O) groups excluding carboxylic acids is 1. The summed E-state index contributed by atoms with van der Waals surface area (Å²) < 4.78 is 11.3. The zero-order valence-corrected chi connectivity index (χ0v) is 23.0. The van der Waals surface area contributed by atoms with Gasteiger partial charge in [-0.05, 0) is 36.6 Å². The molecule has 1 amide bonds. The van der Waals surface area contributed by atoms with Gasteiger partial charge in [0.15, 0.2) is 0 Å². The van der Waals surface area contributed by atoms with Crippen molar-refractivity contribution in [2.24, 2.45) is 5.92 Å². The minimum Gasteiger partial charge on any atom is -0.480 e. The van der Waals surface area contributed by atoms with Gasteiger partial charge in [0.05, 0.1) is 42.2 Å². The van der Waals surface area contributed by atoms with Gasteiger partial charge in [0.25, 0.3) is 5.91 Å². The number of H-pyrrole nitrogens is 1. The number of rotatable bonds is 6. The number of ether oxygens (including phenoxy) is 2. The number of nitrogens with zero attached hydrogens (tertiary/aromatic N) is 5. The Morgan fingerprint density at radius 1 is 1.02 bits per heavy atom. The number of aromatic nitrogens is 4. The molecule has 0 radical (unpaired) electrons. The van der Waals surface area contributed by atoms with Gasteiger partial charge in [-0.25, -0.2) is 15.0 Å². The predicted octanol–water partition coefficient (Wildman–Crippen LogP) is 4.72. The molecular formula is C32H32N6O3. The van der Waals surface area contributed by atoms with Gasteiger partial charge in [0, 0.05) is 43.6 Å². The summed E-state index contributed by atoms with van der Waals surface area (Å²) in [4.78, 5) is 36.0. The van der Waals surface area contributed by atoms with E-state index in [1.54, 1.807) is 7.11 Å². The number of methoxy groups -OCH3 is 1. The molecule has 208 valence electrons. The van der Waals surface area contributed by atoms with Crippen LogP contribution in [0.4, 0.5) is 0 Å². The molecule has 7 rings (SSSR count). The molecule has 3 aromatic heterocycles. The lowest BCUT2D eigenvalue weighted by molar-refractivity contribution is 0.0388. The fourth-order valence-corrected chi connectivity index (χ4v) is 6.00. The van der Waals surface area contributed by atoms with Crippen LogP contribution in [0.15, 0.2) is 72.9 Å². The number of amides is 1. The molecule has 2 unspecified atom stereocenters. The molecule has 2 aliphatic rings. The third-order valence-corrected chi connectivity index (χ3v) is 8.17. The van der Waals surface area contributed by atoms with Crippen LogP contribution in [0.2, 0.25) is 0 Å². The minimum absolute atomic E-state index is 0.0903. The summed E-state index contributed by atoms with van der Waals surface area (Å²) in [6.07, 6.45) is 2.88. The van der Waals surface area contributed by atoms with Crippen LogP contribution >= 0.6 is 0 Å². The van der Waals surface area contributed by atoms with Crippen LogP contribution in [-0.4, -0.2) is 82.1 Å². The highest BCUT2D eigenvalue weighted by Gasteiger charge is 2.35. The first-order chi connectivity index (χ1) is 20.2. The number of pyridine rings is 2. The number of benzene rings is 2. The van der Waals surface area contributed by atoms with Crippen LogP contribution in [-0.2, 0) is 4.74 Å². The third-order valence-electron chi connectivity index (χ3n) is 8.17. The maximum absolute atomic E-state index is 14.0. The van der Waals surface area contributed by atoms with Crippen LogP contribution in [0.1, 0.15) is 28.8 Å². The van der Waals surface area contributed by atoms with Crippen molar-refractivity contribution in [3.8, 4) is 17.1 Å². The summed E-state index contributed by atoms with van der Waals surface area (Å²) >= 11 is 0. The Bertz CT molecular complexity index is 1710. The molecule has 2 aliphatic heterocycles. The summed E-state index contributed by atoms with van der Waals surface area (Å²) in [6.45, 7) is 4.62. The molecule has 5 aromatic rings. The number of para-hydroxylation sites is 2. The van der Waals surface area contributed by atoms with E-state index >= 15 is 0 Å². The lowest BCUT2D eigenvalue weighted by Crippen LogP contribution is -2.52. The maximum atomic E-state index is 14.0. The first-order valence-corrected chi connectivity index (χ1v) is 14.1. The van der Waals surface area contributed by atoms with Gasteiger partial charge in [-0.2, -0.15) is 0 Å². The summed E-state index contributed by atoms with van der Waals surface area (Å²) in [6, 6.07) is 21.4. The molecule has 1 N–H and O–H groups in total. The fourth-order valence-electron chi connectivity index (χ4n) is 6.00. The van der Waals surface area contributed by atoms with Gasteiger partial charge >= 0.3 is 0 Å². The second-order valence-electron chi connectivity index (χ2n) is 10.8. The Kier molecular flexibility index (Phi) is 6.82. The average Bonchev–Trinajstić information content (AvgIpc) is 3.73. The molecular weight excluding hydrogens is 516 g/mol. The second-order valence-corrected chi connectivity index (χ2v) is 10.8. The van der Waals surface area contributed by atoms with Crippen molar-refractivity contribution >= 4 is 27.7 Å². The molecule has 2 atom stereocenters. The van der Waals surface area contributed by atoms with Crippen molar-refractivity contribution in [3.63, 3.8) is 0 Å². The van der Waals surface area contributed by atoms with Crippen LogP contribution < -0.4 is 4.74 Å². The lowest BCUT2D eigenvalue weighted by Gasteiger charge is -2.41. The highest BCUT2D eigenvalue weighted by Crippen LogP contribution is 2.33. The van der Waals surface area contributed by atoms with Crippen molar-refractivity contribution in [2.45, 2.75) is 12.5 Å². The highest BCUT2D eigenvalue weighted by atomic mass is 16.5. The molecule has 9 heteroatoms. The van der Waals surface area contributed by atoms with E-state index in [2.05, 4.69) is 16.0 Å². The standard InChI is InChI=1S/C32H32N6O3/c1-40-31-24(16-23-7-3-5-9-26(23)36-31)28-17-33-30(35-28)29-19-37(18-21-12-15-41-20-21)13-14-38(29)32(39)27-11-10-22-6-2-4-8-25(22)34-27/h2-11,16-17,21,29H,12-15,18-20H2,1H3,(H,33,35). The Morgan fingerprint density at radius 3 is 2.63 bits per heavy atom. The van der Waals surface area contributed by atoms with Crippen LogP contribution in [0.25, 0.3) is 33.1 Å². The first kappa shape index (κ1) is 25.6. The number of aromatic amines is 1. The van der Waals surface area contributed by atoms with E-state index in [-0.39, 0.29) is 11.9 Å². The largest absolute Gasteiger partial charge is 0.480 e. The van der Waals surface area contributed by atoms with Crippen molar-refractivity contribution in [3.05, 3.63) is 84.4 Å². The molecule has 2 aromatic carbocycles. The zero-order valence-electron chi connectivity index (χ0n) is 23.0. The average molecular weight is 549 g/mol. The normalized spacial score (nSPS) is 19.7. The Morgan fingerprint density at radius 2 is 1.83 bits per heavy atom. The van der Waals surface area contributed by atoms with Crippen molar-refractivity contribution in [2.75, 3.05) is 46.5 Å². The maximum Gasteiger partial charge on any atom is 0.273 e. The third kappa shape index (κ3) is 5.03. The number of fused-ring (bicyclic) bond motifs is 2. The lowest BCUT2D eigenvalue weighted by atomic mass is 10.1. The van der Waals surface area contributed by atoms with Gasteiger partial charge in [0.2, 0.25) is 5.88 Å². The van der Waals surface area contributed by atoms with Gasteiger partial charge in [-0.15, -0.1) is 0 Å². The molecule has 0 spiro atoms. The summed E-state index contributed by atoms with van der Waals surface area (Å²) in [5, 5.41) is 2.03. The zero-order chi connectivity index (χ0) is 27.8. The van der Waals surface area contributed by atoms with Gasteiger partial charge < -0.3 is 19.4 Å². The fraction of sp³-hybridized carbons (Fsp3) is 0.312. The Labute approximate surface area is 238 Å². The molecule has 0 saturated carbocycles. The van der Waals surface area contributed by atoms with E-state index in [0.29, 0.717) is 30.6 Å². The number of nitrogens with one attached hydrogen (secondary N) is 1. The van der Waals surface area contributed by atoms with Gasteiger partial charge in [-0.3, -0.25) is 9.69 Å². The first-order valence-electron chi connectivity index (χ1n) is 14.1. The molecule has 9 nitrogen and oxygen atoms in total. The molecule has 0 aliphatic carbocycles. The van der Waals surface area contributed by atoms with Crippen LogP contribution in [0.3, 0.4) is 0 Å². The molecule has 41 heavy (non-hydrogen) atoms. The smallest absolute Gasteiger partial charge is 0.273 e. The van der Waals surface area contributed by atoms with E-state index in [9.17, 15) is 4.79 Å². The number of hydrogen-bond donors (Lipinski definition) is 1. The van der Waals surface area contributed by atoms with E-state index in [0.717, 1.165) is 71.6 Å². The van der Waals surface area contributed by atoms with E-state index < -0.39 is 0 Å². The monoisotopic (exact) mass is 548 g/mol. The summed E-state index contributed by atoms with van der Waals surface area (Å²) in [5.74, 6) is 1.68. The quantitative estimate of drug-likeness (QED) is 0.328.